The fourth-order valence-electron chi connectivity index (χ4n) is 3.41. The van der Waals surface area contributed by atoms with Crippen molar-refractivity contribution in [1.82, 2.24) is 0 Å². The van der Waals surface area contributed by atoms with Gasteiger partial charge >= 0.3 is 0 Å². The van der Waals surface area contributed by atoms with Crippen LogP contribution < -0.4 is 5.73 Å². The van der Waals surface area contributed by atoms with Gasteiger partial charge in [0.15, 0.2) is 0 Å². The lowest BCUT2D eigenvalue weighted by atomic mass is 9.85. The summed E-state index contributed by atoms with van der Waals surface area (Å²) < 4.78 is 0. The van der Waals surface area contributed by atoms with Gasteiger partial charge in [0.05, 0.1) is 0 Å². The summed E-state index contributed by atoms with van der Waals surface area (Å²) in [6.45, 7) is 0. The summed E-state index contributed by atoms with van der Waals surface area (Å²) in [5.74, 6) is 2.16. The molecule has 0 spiro atoms. The van der Waals surface area contributed by atoms with Crippen LogP contribution in [0.25, 0.3) is 0 Å². The Morgan fingerprint density at radius 3 is 2.12 bits per heavy atom. The van der Waals surface area contributed by atoms with Gasteiger partial charge in [0.25, 0.3) is 0 Å². The van der Waals surface area contributed by atoms with E-state index < -0.39 is 0 Å². The second-order valence-corrected chi connectivity index (χ2v) is 7.43. The Hall–Kier alpha value is 0.310. The molecule has 0 aliphatic heterocycles. The third-order valence-electron chi connectivity index (χ3n) is 4.46. The highest BCUT2D eigenvalue weighted by Crippen LogP contribution is 2.31. The zero-order valence-corrected chi connectivity index (χ0v) is 12.0. The molecule has 17 heavy (non-hydrogen) atoms. The van der Waals surface area contributed by atoms with Crippen LogP contribution in [0.1, 0.15) is 70.6 Å². The van der Waals surface area contributed by atoms with Crippen LogP contribution in [-0.2, 0) is 0 Å². The molecule has 0 aromatic rings. The molecule has 0 bridgehead atoms. The molecule has 2 fully saturated rings. The SMILES string of the molecule is N[C@H](CSC1CCCCC1)CC1CCCCC1. The van der Waals surface area contributed by atoms with E-state index >= 15 is 0 Å². The summed E-state index contributed by atoms with van der Waals surface area (Å²) in [5, 5.41) is 0.932. The Kier molecular flexibility index (Phi) is 6.21. The van der Waals surface area contributed by atoms with E-state index in [0.29, 0.717) is 6.04 Å². The molecule has 0 aromatic carbocycles. The molecule has 100 valence electrons. The summed E-state index contributed by atoms with van der Waals surface area (Å²) in [6.07, 6.45) is 15.8. The summed E-state index contributed by atoms with van der Waals surface area (Å²) >= 11 is 2.17. The molecule has 2 N–H and O–H groups in total. The van der Waals surface area contributed by atoms with Crippen molar-refractivity contribution in [3.63, 3.8) is 0 Å². The topological polar surface area (TPSA) is 26.0 Å². The van der Waals surface area contributed by atoms with Crippen LogP contribution in [0.2, 0.25) is 0 Å². The van der Waals surface area contributed by atoms with E-state index in [2.05, 4.69) is 11.8 Å². The Morgan fingerprint density at radius 2 is 1.47 bits per heavy atom. The average molecular weight is 255 g/mol. The third kappa shape index (κ3) is 5.21. The van der Waals surface area contributed by atoms with Crippen LogP contribution in [0.5, 0.6) is 0 Å². The van der Waals surface area contributed by atoms with Gasteiger partial charge in [-0.05, 0) is 25.2 Å². The highest BCUT2D eigenvalue weighted by atomic mass is 32.2. The molecular weight excluding hydrogens is 226 g/mol. The summed E-state index contributed by atoms with van der Waals surface area (Å²) in [6, 6.07) is 0.463. The van der Waals surface area contributed by atoms with Crippen LogP contribution >= 0.6 is 11.8 Å². The zero-order chi connectivity index (χ0) is 11.9. The van der Waals surface area contributed by atoms with Crippen molar-refractivity contribution in [3.8, 4) is 0 Å². The Morgan fingerprint density at radius 1 is 0.882 bits per heavy atom. The van der Waals surface area contributed by atoms with Crippen LogP contribution in [0.15, 0.2) is 0 Å². The summed E-state index contributed by atoms with van der Waals surface area (Å²) in [5.41, 5.74) is 6.30. The first-order valence-electron chi connectivity index (χ1n) is 7.72. The van der Waals surface area contributed by atoms with E-state index in [1.165, 1.54) is 76.4 Å². The Labute approximate surface area is 111 Å². The minimum absolute atomic E-state index is 0.463. The molecule has 0 heterocycles. The van der Waals surface area contributed by atoms with Gasteiger partial charge in [0.1, 0.15) is 0 Å². The maximum Gasteiger partial charge on any atom is 0.0133 e. The average Bonchev–Trinajstić information content (AvgIpc) is 2.39. The maximum atomic E-state index is 6.30. The monoisotopic (exact) mass is 255 g/mol. The van der Waals surface area contributed by atoms with E-state index in [4.69, 9.17) is 5.73 Å². The Balaban J connectivity index is 1.57. The van der Waals surface area contributed by atoms with Crippen LogP contribution in [0.4, 0.5) is 0 Å². The largest absolute Gasteiger partial charge is 0.327 e. The fraction of sp³-hybridized carbons (Fsp3) is 1.00. The standard InChI is InChI=1S/C15H29NS/c16-14(11-13-7-3-1-4-8-13)12-17-15-9-5-2-6-10-15/h13-15H,1-12,16H2/t14-/m0/s1. The molecule has 0 radical (unpaired) electrons. The summed E-state index contributed by atoms with van der Waals surface area (Å²) in [4.78, 5) is 0. The molecule has 1 nitrogen and oxygen atoms in total. The van der Waals surface area contributed by atoms with Gasteiger partial charge in [-0.15, -0.1) is 0 Å². The molecule has 2 rings (SSSR count). The van der Waals surface area contributed by atoms with Crippen molar-refractivity contribution in [2.75, 3.05) is 5.75 Å². The second-order valence-electron chi connectivity index (χ2n) is 6.09. The molecule has 0 saturated heterocycles. The van der Waals surface area contributed by atoms with Gasteiger partial charge in [-0.25, -0.2) is 0 Å². The van der Waals surface area contributed by atoms with Gasteiger partial charge in [-0.3, -0.25) is 0 Å². The van der Waals surface area contributed by atoms with Crippen molar-refractivity contribution in [2.24, 2.45) is 11.7 Å². The highest BCUT2D eigenvalue weighted by Gasteiger charge is 2.19. The number of rotatable bonds is 5. The molecule has 2 aliphatic rings. The Bertz CT molecular complexity index is 195. The number of thioether (sulfide) groups is 1. The second kappa shape index (κ2) is 7.68. The van der Waals surface area contributed by atoms with Gasteiger partial charge < -0.3 is 5.73 Å². The van der Waals surface area contributed by atoms with E-state index in [1.54, 1.807) is 0 Å². The van der Waals surface area contributed by atoms with Crippen molar-refractivity contribution < 1.29 is 0 Å². The normalized spacial score (nSPS) is 25.9. The van der Waals surface area contributed by atoms with Crippen molar-refractivity contribution in [3.05, 3.63) is 0 Å². The molecule has 0 unspecified atom stereocenters. The van der Waals surface area contributed by atoms with Crippen LogP contribution in [0, 0.1) is 5.92 Å². The lowest BCUT2D eigenvalue weighted by molar-refractivity contribution is 0.324. The predicted octanol–water partition coefficient (Wildman–Crippen LogP) is 4.35. The van der Waals surface area contributed by atoms with Crippen LogP contribution in [-0.4, -0.2) is 17.0 Å². The third-order valence-corrected chi connectivity index (χ3v) is 6.02. The summed E-state index contributed by atoms with van der Waals surface area (Å²) in [7, 11) is 0. The fourth-order valence-corrected chi connectivity index (χ4v) is 4.73. The van der Waals surface area contributed by atoms with Crippen LogP contribution in [0.3, 0.4) is 0 Å². The van der Waals surface area contributed by atoms with Crippen molar-refractivity contribution in [1.29, 1.82) is 0 Å². The van der Waals surface area contributed by atoms with E-state index in [1.807, 2.05) is 0 Å². The van der Waals surface area contributed by atoms with Gasteiger partial charge in [0, 0.05) is 17.0 Å². The maximum absolute atomic E-state index is 6.30. The number of nitrogens with two attached hydrogens (primary N) is 1. The minimum atomic E-state index is 0.463. The first-order valence-corrected chi connectivity index (χ1v) is 8.76. The first kappa shape index (κ1) is 13.7. The van der Waals surface area contributed by atoms with Crippen molar-refractivity contribution >= 4 is 11.8 Å². The molecule has 0 amide bonds. The molecule has 2 heteroatoms. The quantitative estimate of drug-likeness (QED) is 0.790. The van der Waals surface area contributed by atoms with Gasteiger partial charge in [-0.1, -0.05) is 51.4 Å². The molecular formula is C15H29NS. The molecule has 0 aromatic heterocycles. The molecule has 2 saturated carbocycles. The molecule has 1 atom stereocenters. The van der Waals surface area contributed by atoms with Gasteiger partial charge in [-0.2, -0.15) is 11.8 Å². The van der Waals surface area contributed by atoms with Gasteiger partial charge in [0.2, 0.25) is 0 Å². The zero-order valence-electron chi connectivity index (χ0n) is 11.2. The van der Waals surface area contributed by atoms with E-state index in [9.17, 15) is 0 Å². The lowest BCUT2D eigenvalue weighted by Gasteiger charge is -2.26. The minimum Gasteiger partial charge on any atom is -0.327 e. The predicted molar refractivity (Wildman–Crippen MR) is 78.5 cm³/mol. The highest BCUT2D eigenvalue weighted by molar-refractivity contribution is 7.99. The van der Waals surface area contributed by atoms with Crippen molar-refractivity contribution in [2.45, 2.75) is 81.9 Å². The number of hydrogen-bond donors (Lipinski definition) is 1. The molecule has 2 aliphatic carbocycles. The lowest BCUT2D eigenvalue weighted by Crippen LogP contribution is -2.28. The first-order chi connectivity index (χ1) is 8.34. The van der Waals surface area contributed by atoms with E-state index in [-0.39, 0.29) is 0 Å². The van der Waals surface area contributed by atoms with E-state index in [0.717, 1.165) is 11.2 Å². The smallest absolute Gasteiger partial charge is 0.0133 e. The number of hydrogen-bond acceptors (Lipinski definition) is 2.